The second kappa shape index (κ2) is 13.8. The van der Waals surface area contributed by atoms with Crippen molar-refractivity contribution in [3.8, 4) is 0 Å². The Bertz CT molecular complexity index is 186. The minimum absolute atomic E-state index is 0. The predicted molar refractivity (Wildman–Crippen MR) is 56.6 cm³/mol. The van der Waals surface area contributed by atoms with E-state index in [2.05, 4.69) is 9.47 Å². The fourth-order valence-electron chi connectivity index (χ4n) is 0.601. The minimum atomic E-state index is -1.44. The first-order valence-corrected chi connectivity index (χ1v) is 4.82. The van der Waals surface area contributed by atoms with E-state index in [1.54, 1.807) is 6.92 Å². The maximum absolute atomic E-state index is 12.1. The Hall–Kier alpha value is -1.20. The van der Waals surface area contributed by atoms with Crippen molar-refractivity contribution in [2.45, 2.75) is 39.3 Å². The molecule has 0 aromatic carbocycles. The summed E-state index contributed by atoms with van der Waals surface area (Å²) in [6.07, 6.45) is 0.149. The smallest absolute Gasteiger partial charge is 0.340 e. The third kappa shape index (κ3) is 12.8. The maximum Gasteiger partial charge on any atom is 0.340 e. The number of carbonyl (C=O) groups excluding carboxylic acids is 2. The van der Waals surface area contributed by atoms with E-state index in [9.17, 15) is 14.0 Å². The molecule has 0 amide bonds. The lowest BCUT2D eigenvalue weighted by Gasteiger charge is -1.99. The van der Waals surface area contributed by atoms with Crippen LogP contribution in [-0.4, -0.2) is 32.3 Å². The summed E-state index contributed by atoms with van der Waals surface area (Å²) in [5, 5.41) is 0. The van der Waals surface area contributed by atoms with Gasteiger partial charge in [-0.05, 0) is 12.8 Å². The van der Waals surface area contributed by atoms with Gasteiger partial charge in [0.05, 0.1) is 14.2 Å². The average molecular weight is 242 g/mol. The maximum atomic E-state index is 12.1. The van der Waals surface area contributed by atoms with Gasteiger partial charge in [-0.15, -0.1) is 0 Å². The third-order valence-electron chi connectivity index (χ3n) is 1.50. The zero-order valence-corrected chi connectivity index (χ0v) is 10.1. The van der Waals surface area contributed by atoms with E-state index in [4.69, 9.17) is 0 Å². The molecule has 0 saturated carbocycles. The molecule has 0 aliphatic carbocycles. The number of esters is 2. The van der Waals surface area contributed by atoms with Crippen molar-refractivity contribution in [3.63, 3.8) is 0 Å². The van der Waals surface area contributed by atoms with E-state index in [1.807, 2.05) is 6.92 Å². The van der Waals surface area contributed by atoms with Gasteiger partial charge >= 0.3 is 11.9 Å². The Morgan fingerprint density at radius 2 is 1.69 bits per heavy atom. The van der Waals surface area contributed by atoms with Crippen LogP contribution in [-0.2, 0) is 19.1 Å². The first-order chi connectivity index (χ1) is 7.03. The van der Waals surface area contributed by atoms with Crippen LogP contribution in [0.3, 0.4) is 0 Å². The van der Waals surface area contributed by atoms with Crippen molar-refractivity contribution < 1.29 is 28.2 Å². The molecule has 0 rings (SSSR count). The number of hydrogen-bond acceptors (Lipinski definition) is 4. The second-order valence-electron chi connectivity index (χ2n) is 2.73. The molecule has 98 valence electrons. The molecular weight excluding hydrogens is 222 g/mol. The van der Waals surface area contributed by atoms with Gasteiger partial charge in [-0.1, -0.05) is 13.8 Å². The molecule has 0 aromatic rings. The molecule has 0 spiro atoms. The van der Waals surface area contributed by atoms with Crippen LogP contribution in [0.1, 0.15) is 33.1 Å². The molecular formula is C10H20F2O4. The monoisotopic (exact) mass is 242 g/mol. The number of ether oxygens (including phenoxy) is 2. The fraction of sp³-hybridized carbons (Fsp3) is 0.800. The molecule has 0 saturated heterocycles. The lowest BCUT2D eigenvalue weighted by Crippen LogP contribution is -2.15. The van der Waals surface area contributed by atoms with Gasteiger partial charge in [-0.2, -0.15) is 0 Å². The summed E-state index contributed by atoms with van der Waals surface area (Å²) >= 11 is 0. The molecule has 1 unspecified atom stereocenters. The molecule has 16 heavy (non-hydrogen) atoms. The van der Waals surface area contributed by atoms with Crippen LogP contribution in [0.2, 0.25) is 0 Å². The minimum Gasteiger partial charge on any atom is -0.469 e. The number of halogens is 2. The fourth-order valence-corrected chi connectivity index (χ4v) is 0.601. The highest BCUT2D eigenvalue weighted by atomic mass is 19.1. The Labute approximate surface area is 94.5 Å². The molecule has 6 heteroatoms. The number of rotatable bonds is 4. The SMILES string of the molecule is CCC(F)C(=O)OC.CCCC(=O)OC.F. The zero-order valence-electron chi connectivity index (χ0n) is 10.1. The lowest BCUT2D eigenvalue weighted by atomic mass is 10.3. The summed E-state index contributed by atoms with van der Waals surface area (Å²) in [7, 11) is 2.57. The van der Waals surface area contributed by atoms with Crippen molar-refractivity contribution in [2.75, 3.05) is 14.2 Å². The summed E-state index contributed by atoms with van der Waals surface area (Å²) in [6.45, 7) is 3.53. The van der Waals surface area contributed by atoms with E-state index in [0.29, 0.717) is 6.42 Å². The molecule has 1 atom stereocenters. The summed E-state index contributed by atoms with van der Waals surface area (Å²) in [6, 6.07) is 0. The average Bonchev–Trinajstić information content (AvgIpc) is 2.27. The van der Waals surface area contributed by atoms with E-state index in [-0.39, 0.29) is 17.1 Å². The molecule has 0 aromatic heterocycles. The normalized spacial score (nSPS) is 10.1. The van der Waals surface area contributed by atoms with Gasteiger partial charge in [0, 0.05) is 6.42 Å². The van der Waals surface area contributed by atoms with Gasteiger partial charge in [0.1, 0.15) is 0 Å². The molecule has 0 radical (unpaired) electrons. The number of hydrogen-bond donors (Lipinski definition) is 0. The van der Waals surface area contributed by atoms with Crippen LogP contribution in [0, 0.1) is 0 Å². The van der Waals surface area contributed by atoms with E-state index >= 15 is 0 Å². The number of carbonyl (C=O) groups is 2. The highest BCUT2D eigenvalue weighted by Gasteiger charge is 2.13. The Kier molecular flexibility index (Phi) is 17.5. The van der Waals surface area contributed by atoms with Crippen molar-refractivity contribution in [1.82, 2.24) is 0 Å². The Balaban J connectivity index is -0.000000200. The van der Waals surface area contributed by atoms with Crippen LogP contribution < -0.4 is 0 Å². The first kappa shape index (κ1) is 20.2. The van der Waals surface area contributed by atoms with Crippen LogP contribution >= 0.6 is 0 Å². The quantitative estimate of drug-likeness (QED) is 0.708. The van der Waals surface area contributed by atoms with Gasteiger partial charge in [-0.3, -0.25) is 9.50 Å². The summed E-state index contributed by atoms with van der Waals surface area (Å²) < 4.78 is 20.5. The summed E-state index contributed by atoms with van der Waals surface area (Å²) in [5.74, 6) is -0.907. The summed E-state index contributed by atoms with van der Waals surface area (Å²) in [5.41, 5.74) is 0. The number of methoxy groups -OCH3 is 2. The molecule has 0 N–H and O–H groups in total. The number of alkyl halides is 1. The van der Waals surface area contributed by atoms with Gasteiger partial charge in [0.25, 0.3) is 0 Å². The zero-order chi connectivity index (χ0) is 12.3. The van der Waals surface area contributed by atoms with Crippen LogP contribution in [0.15, 0.2) is 0 Å². The lowest BCUT2D eigenvalue weighted by molar-refractivity contribution is -0.146. The highest BCUT2D eigenvalue weighted by molar-refractivity contribution is 5.74. The highest BCUT2D eigenvalue weighted by Crippen LogP contribution is 1.97. The van der Waals surface area contributed by atoms with Gasteiger partial charge in [0.2, 0.25) is 0 Å². The molecule has 0 fully saturated rings. The van der Waals surface area contributed by atoms with E-state index in [1.165, 1.54) is 14.2 Å². The van der Waals surface area contributed by atoms with Gasteiger partial charge < -0.3 is 9.47 Å². The molecule has 0 aliphatic rings. The van der Waals surface area contributed by atoms with E-state index < -0.39 is 12.1 Å². The standard InChI is InChI=1S/C5H9FO2.C5H10O2.FH/c1-3-4(6)5(7)8-2;1-3-4-5(6)7-2;/h4H,3H2,1-2H3;3-4H2,1-2H3;1H. The third-order valence-corrected chi connectivity index (χ3v) is 1.50. The van der Waals surface area contributed by atoms with Crippen LogP contribution in [0.25, 0.3) is 0 Å². The molecule has 0 heterocycles. The Morgan fingerprint density at radius 3 is 1.81 bits per heavy atom. The van der Waals surface area contributed by atoms with Crippen LogP contribution in [0.4, 0.5) is 9.09 Å². The molecule has 0 aliphatic heterocycles. The predicted octanol–water partition coefficient (Wildman–Crippen LogP) is 2.02. The Morgan fingerprint density at radius 1 is 1.19 bits per heavy atom. The van der Waals surface area contributed by atoms with Crippen LogP contribution in [0.5, 0.6) is 0 Å². The van der Waals surface area contributed by atoms with Crippen molar-refractivity contribution in [2.24, 2.45) is 0 Å². The topological polar surface area (TPSA) is 52.6 Å². The second-order valence-corrected chi connectivity index (χ2v) is 2.73. The van der Waals surface area contributed by atoms with Gasteiger partial charge in [0.15, 0.2) is 6.17 Å². The van der Waals surface area contributed by atoms with Crippen molar-refractivity contribution >= 4 is 11.9 Å². The van der Waals surface area contributed by atoms with E-state index in [0.717, 1.165) is 6.42 Å². The molecule has 4 nitrogen and oxygen atoms in total. The van der Waals surface area contributed by atoms with Crippen molar-refractivity contribution in [3.05, 3.63) is 0 Å². The van der Waals surface area contributed by atoms with Crippen molar-refractivity contribution in [1.29, 1.82) is 0 Å². The summed E-state index contributed by atoms with van der Waals surface area (Å²) in [4.78, 5) is 20.3. The van der Waals surface area contributed by atoms with Gasteiger partial charge in [-0.25, -0.2) is 9.18 Å². The first-order valence-electron chi connectivity index (χ1n) is 4.82. The molecule has 0 bridgehead atoms. The largest absolute Gasteiger partial charge is 0.469 e.